The number of rotatable bonds is 6. The van der Waals surface area contributed by atoms with Gasteiger partial charge in [0.2, 0.25) is 11.8 Å². The van der Waals surface area contributed by atoms with Gasteiger partial charge in [0.25, 0.3) is 0 Å². The second-order valence-corrected chi connectivity index (χ2v) is 7.05. The van der Waals surface area contributed by atoms with Gasteiger partial charge >= 0.3 is 0 Å². The monoisotopic (exact) mass is 418 g/mol. The Bertz CT molecular complexity index is 1180. The number of hydrogen-bond acceptors (Lipinski definition) is 7. The molecular formula is C23H22N4O4. The van der Waals surface area contributed by atoms with E-state index < -0.39 is 5.92 Å². The number of H-pyrrole nitrogens is 1. The maximum atomic E-state index is 10.0. The first kappa shape index (κ1) is 20.2. The summed E-state index contributed by atoms with van der Waals surface area (Å²) in [5.74, 6) is 0.820. The van der Waals surface area contributed by atoms with Gasteiger partial charge in [0.05, 0.1) is 30.9 Å². The second-order valence-electron chi connectivity index (χ2n) is 7.05. The molecule has 0 radical (unpaired) electrons. The molecule has 8 heteroatoms. The molecule has 1 aliphatic heterocycles. The summed E-state index contributed by atoms with van der Waals surface area (Å²) < 4.78 is 16.5. The Morgan fingerprint density at radius 2 is 2.03 bits per heavy atom. The number of aromatic nitrogens is 2. The van der Waals surface area contributed by atoms with Crippen molar-refractivity contribution in [2.45, 2.75) is 19.3 Å². The first-order chi connectivity index (χ1) is 15.1. The van der Waals surface area contributed by atoms with E-state index in [2.05, 4.69) is 23.2 Å². The van der Waals surface area contributed by atoms with Crippen molar-refractivity contribution in [3.8, 4) is 40.5 Å². The smallest absolute Gasteiger partial charge is 0.244 e. The lowest BCUT2D eigenvalue weighted by Gasteiger charge is -2.24. The average Bonchev–Trinajstić information content (AvgIpc) is 3.20. The molecule has 1 aromatic heterocycles. The largest absolute Gasteiger partial charge is 0.504 e. The lowest BCUT2D eigenvalue weighted by atomic mass is 9.83. The van der Waals surface area contributed by atoms with Crippen molar-refractivity contribution in [1.82, 2.24) is 10.2 Å². The Labute approximate surface area is 179 Å². The van der Waals surface area contributed by atoms with Gasteiger partial charge in [-0.25, -0.2) is 0 Å². The normalized spacial score (nSPS) is 15.1. The van der Waals surface area contributed by atoms with Crippen LogP contribution in [0.1, 0.15) is 30.4 Å². The van der Waals surface area contributed by atoms with Crippen LogP contribution in [0.5, 0.6) is 23.1 Å². The molecule has 0 bridgehead atoms. The Balaban J connectivity index is 1.83. The number of ether oxygens (including phenoxy) is 3. The number of nitrogens with two attached hydrogens (primary N) is 1. The van der Waals surface area contributed by atoms with E-state index in [1.807, 2.05) is 24.3 Å². The zero-order valence-electron chi connectivity index (χ0n) is 17.2. The lowest BCUT2D eigenvalue weighted by molar-refractivity contribution is 0.317. The summed E-state index contributed by atoms with van der Waals surface area (Å²) in [5, 5.41) is 27.1. The number of aromatic amines is 1. The number of fused-ring (bicyclic) bond motifs is 1. The molecular weight excluding hydrogens is 396 g/mol. The minimum absolute atomic E-state index is 0.00378. The fraction of sp³-hybridized carbons (Fsp3) is 0.217. The summed E-state index contributed by atoms with van der Waals surface area (Å²) in [6.45, 7) is 2.70. The molecule has 2 aromatic carbocycles. The Hall–Kier alpha value is -4.12. The molecule has 0 amide bonds. The molecule has 1 atom stereocenters. The van der Waals surface area contributed by atoms with Crippen LogP contribution < -0.4 is 19.9 Å². The van der Waals surface area contributed by atoms with Crippen LogP contribution in [-0.2, 0) is 0 Å². The highest BCUT2D eigenvalue weighted by atomic mass is 16.5. The van der Waals surface area contributed by atoms with E-state index in [1.165, 1.54) is 13.2 Å². The van der Waals surface area contributed by atoms with Crippen LogP contribution in [0.2, 0.25) is 0 Å². The third-order valence-corrected chi connectivity index (χ3v) is 5.09. The molecule has 0 saturated carbocycles. The molecule has 2 heterocycles. The van der Waals surface area contributed by atoms with Gasteiger partial charge < -0.3 is 25.1 Å². The number of nitrogens with one attached hydrogen (secondary N) is 1. The first-order valence-corrected chi connectivity index (χ1v) is 9.83. The summed E-state index contributed by atoms with van der Waals surface area (Å²) >= 11 is 0. The number of aromatic hydroxyl groups is 1. The SMILES string of the molecule is CCCOc1ccc(-c2[nH]nc3c2C(c2ccc(O)c(OC)c2)C(C#N)=C(N)O3)cc1. The molecule has 31 heavy (non-hydrogen) atoms. The summed E-state index contributed by atoms with van der Waals surface area (Å²) in [6, 6.07) is 14.7. The highest BCUT2D eigenvalue weighted by molar-refractivity contribution is 5.71. The predicted octanol–water partition coefficient (Wildman–Crippen LogP) is 3.80. The van der Waals surface area contributed by atoms with E-state index in [-0.39, 0.29) is 17.2 Å². The number of phenols is 1. The van der Waals surface area contributed by atoms with Crippen LogP contribution in [0.25, 0.3) is 11.3 Å². The quantitative estimate of drug-likeness (QED) is 0.556. The van der Waals surface area contributed by atoms with E-state index in [0.717, 1.165) is 17.7 Å². The van der Waals surface area contributed by atoms with E-state index in [4.69, 9.17) is 19.9 Å². The number of nitrogens with zero attached hydrogens (tertiary/aromatic N) is 2. The van der Waals surface area contributed by atoms with Crippen molar-refractivity contribution >= 4 is 0 Å². The van der Waals surface area contributed by atoms with E-state index in [0.29, 0.717) is 35.1 Å². The molecule has 3 aromatic rings. The van der Waals surface area contributed by atoms with Crippen LogP contribution in [0.3, 0.4) is 0 Å². The number of nitriles is 1. The van der Waals surface area contributed by atoms with Crippen molar-refractivity contribution in [2.24, 2.45) is 5.73 Å². The van der Waals surface area contributed by atoms with E-state index in [1.54, 1.807) is 12.1 Å². The van der Waals surface area contributed by atoms with Crippen molar-refractivity contribution < 1.29 is 19.3 Å². The van der Waals surface area contributed by atoms with E-state index >= 15 is 0 Å². The van der Waals surface area contributed by atoms with Crippen molar-refractivity contribution in [1.29, 1.82) is 5.26 Å². The number of allylic oxidation sites excluding steroid dienone is 1. The summed E-state index contributed by atoms with van der Waals surface area (Å²) in [6.07, 6.45) is 0.926. The molecule has 0 saturated heterocycles. The molecule has 0 spiro atoms. The van der Waals surface area contributed by atoms with Gasteiger partial charge in [-0.2, -0.15) is 5.26 Å². The number of phenolic OH excluding ortho intramolecular Hbond substituents is 1. The second kappa shape index (κ2) is 8.32. The Morgan fingerprint density at radius 3 is 2.71 bits per heavy atom. The molecule has 8 nitrogen and oxygen atoms in total. The lowest BCUT2D eigenvalue weighted by Crippen LogP contribution is -2.21. The minimum atomic E-state index is -0.548. The molecule has 4 N–H and O–H groups in total. The number of methoxy groups -OCH3 is 1. The fourth-order valence-corrected chi connectivity index (χ4v) is 3.61. The zero-order chi connectivity index (χ0) is 22.0. The first-order valence-electron chi connectivity index (χ1n) is 9.83. The number of hydrogen-bond donors (Lipinski definition) is 3. The summed E-state index contributed by atoms with van der Waals surface area (Å²) in [7, 11) is 1.47. The topological polar surface area (TPSA) is 126 Å². The van der Waals surface area contributed by atoms with Crippen molar-refractivity contribution in [3.05, 3.63) is 65.0 Å². The highest BCUT2D eigenvalue weighted by Gasteiger charge is 2.36. The Morgan fingerprint density at radius 1 is 1.26 bits per heavy atom. The zero-order valence-corrected chi connectivity index (χ0v) is 17.2. The van der Waals surface area contributed by atoms with Gasteiger partial charge in [-0.15, -0.1) is 5.10 Å². The van der Waals surface area contributed by atoms with Crippen LogP contribution in [0, 0.1) is 11.3 Å². The van der Waals surface area contributed by atoms with Gasteiger partial charge in [-0.3, -0.25) is 5.10 Å². The summed E-state index contributed by atoms with van der Waals surface area (Å²) in [4.78, 5) is 0. The van der Waals surface area contributed by atoms with Crippen LogP contribution >= 0.6 is 0 Å². The molecule has 0 aliphatic carbocycles. The van der Waals surface area contributed by atoms with Crippen LogP contribution in [0.4, 0.5) is 0 Å². The molecule has 158 valence electrons. The maximum Gasteiger partial charge on any atom is 0.244 e. The van der Waals surface area contributed by atoms with Crippen LogP contribution in [0.15, 0.2) is 53.9 Å². The third kappa shape index (κ3) is 3.62. The highest BCUT2D eigenvalue weighted by Crippen LogP contribution is 2.46. The van der Waals surface area contributed by atoms with Gasteiger partial charge in [-0.05, 0) is 48.4 Å². The molecule has 1 aliphatic rings. The summed E-state index contributed by atoms with van der Waals surface area (Å²) in [5.41, 5.74) is 9.24. The van der Waals surface area contributed by atoms with Gasteiger partial charge in [0, 0.05) is 5.56 Å². The van der Waals surface area contributed by atoms with Gasteiger partial charge in [0.15, 0.2) is 11.5 Å². The molecule has 4 rings (SSSR count). The standard InChI is InChI=1S/C23H22N4O4/c1-3-10-30-15-7-4-13(5-8-15)21-20-19(14-6-9-17(28)18(11-14)29-2)16(12-24)22(25)31-23(20)27-26-21/h4-9,11,19,28H,3,10,25H2,1-2H3,(H,26,27). The molecule has 0 fully saturated rings. The Kier molecular flexibility index (Phi) is 5.41. The average molecular weight is 418 g/mol. The minimum Gasteiger partial charge on any atom is -0.504 e. The van der Waals surface area contributed by atoms with Crippen LogP contribution in [-0.4, -0.2) is 29.0 Å². The fourth-order valence-electron chi connectivity index (χ4n) is 3.61. The van der Waals surface area contributed by atoms with E-state index in [9.17, 15) is 10.4 Å². The number of benzene rings is 2. The van der Waals surface area contributed by atoms with Crippen molar-refractivity contribution in [3.63, 3.8) is 0 Å². The van der Waals surface area contributed by atoms with Gasteiger partial charge in [0.1, 0.15) is 17.4 Å². The third-order valence-electron chi connectivity index (χ3n) is 5.09. The molecule has 1 unspecified atom stereocenters. The van der Waals surface area contributed by atoms with Gasteiger partial charge in [-0.1, -0.05) is 13.0 Å². The van der Waals surface area contributed by atoms with Crippen molar-refractivity contribution in [2.75, 3.05) is 13.7 Å². The predicted molar refractivity (Wildman–Crippen MR) is 114 cm³/mol. The maximum absolute atomic E-state index is 10.0.